The summed E-state index contributed by atoms with van der Waals surface area (Å²) < 4.78 is 0. The number of fused-ring (bicyclic) bond motifs is 1. The van der Waals surface area contributed by atoms with Crippen molar-refractivity contribution in [1.82, 2.24) is 4.98 Å². The summed E-state index contributed by atoms with van der Waals surface area (Å²) >= 11 is 5.83. The van der Waals surface area contributed by atoms with Crippen LogP contribution in [0, 0.1) is 5.92 Å². The first-order chi connectivity index (χ1) is 8.35. The molecule has 88 valence electrons. The Kier molecular flexibility index (Phi) is 2.89. The van der Waals surface area contributed by atoms with Crippen LogP contribution in [-0.4, -0.2) is 11.5 Å². The van der Waals surface area contributed by atoms with Crippen molar-refractivity contribution in [1.29, 1.82) is 0 Å². The Morgan fingerprint density at radius 1 is 1.24 bits per heavy atom. The highest BCUT2D eigenvalue weighted by Gasteiger charge is 2.20. The van der Waals surface area contributed by atoms with Crippen LogP contribution in [0.4, 0.5) is 5.82 Å². The van der Waals surface area contributed by atoms with Gasteiger partial charge in [-0.25, -0.2) is 4.98 Å². The summed E-state index contributed by atoms with van der Waals surface area (Å²) in [6.45, 7) is 1.05. The van der Waals surface area contributed by atoms with Crippen LogP contribution >= 0.6 is 11.6 Å². The molecule has 1 aliphatic rings. The lowest BCUT2D eigenvalue weighted by Gasteiger charge is -2.06. The van der Waals surface area contributed by atoms with E-state index in [4.69, 9.17) is 11.6 Å². The van der Waals surface area contributed by atoms with E-state index in [0.29, 0.717) is 5.88 Å². The van der Waals surface area contributed by atoms with Gasteiger partial charge in [0.2, 0.25) is 0 Å². The SMILES string of the molecule is ClCc1ccc2ccc(NCC3CC3)nc2c1. The normalized spacial score (nSPS) is 15.1. The van der Waals surface area contributed by atoms with Crippen molar-refractivity contribution < 1.29 is 0 Å². The summed E-state index contributed by atoms with van der Waals surface area (Å²) in [4.78, 5) is 4.61. The number of hydrogen-bond acceptors (Lipinski definition) is 2. The molecule has 0 saturated heterocycles. The topological polar surface area (TPSA) is 24.9 Å². The van der Waals surface area contributed by atoms with Gasteiger partial charge in [-0.1, -0.05) is 12.1 Å². The number of alkyl halides is 1. The fraction of sp³-hybridized carbons (Fsp3) is 0.357. The predicted molar refractivity (Wildman–Crippen MR) is 72.5 cm³/mol. The molecular weight excluding hydrogens is 232 g/mol. The number of hydrogen-bond donors (Lipinski definition) is 1. The smallest absolute Gasteiger partial charge is 0.126 e. The molecule has 0 amide bonds. The van der Waals surface area contributed by atoms with Gasteiger partial charge in [0.25, 0.3) is 0 Å². The van der Waals surface area contributed by atoms with Crippen molar-refractivity contribution in [2.45, 2.75) is 18.7 Å². The lowest BCUT2D eigenvalue weighted by atomic mass is 10.1. The lowest BCUT2D eigenvalue weighted by Crippen LogP contribution is -2.04. The minimum atomic E-state index is 0.539. The number of halogens is 1. The highest BCUT2D eigenvalue weighted by Crippen LogP contribution is 2.29. The Labute approximate surface area is 106 Å². The van der Waals surface area contributed by atoms with Crippen LogP contribution in [0.15, 0.2) is 30.3 Å². The van der Waals surface area contributed by atoms with Crippen LogP contribution in [0.2, 0.25) is 0 Å². The summed E-state index contributed by atoms with van der Waals surface area (Å²) in [5.41, 5.74) is 2.13. The number of rotatable bonds is 4. The van der Waals surface area contributed by atoms with E-state index in [1.54, 1.807) is 0 Å². The van der Waals surface area contributed by atoms with E-state index in [9.17, 15) is 0 Å². The van der Waals surface area contributed by atoms with Crippen LogP contribution in [-0.2, 0) is 5.88 Å². The van der Waals surface area contributed by atoms with E-state index in [1.807, 2.05) is 12.1 Å². The van der Waals surface area contributed by atoms with Gasteiger partial charge < -0.3 is 5.32 Å². The van der Waals surface area contributed by atoms with Crippen molar-refractivity contribution in [3.8, 4) is 0 Å². The second-order valence-electron chi connectivity index (χ2n) is 4.68. The van der Waals surface area contributed by atoms with Crippen molar-refractivity contribution in [3.63, 3.8) is 0 Å². The quantitative estimate of drug-likeness (QED) is 0.831. The monoisotopic (exact) mass is 246 g/mol. The summed E-state index contributed by atoms with van der Waals surface area (Å²) in [5, 5.41) is 4.55. The number of pyridine rings is 1. The van der Waals surface area contributed by atoms with Gasteiger partial charge in [-0.3, -0.25) is 0 Å². The zero-order valence-corrected chi connectivity index (χ0v) is 10.4. The van der Waals surface area contributed by atoms with Gasteiger partial charge in [0.15, 0.2) is 0 Å². The van der Waals surface area contributed by atoms with Crippen molar-refractivity contribution >= 4 is 28.3 Å². The first-order valence-corrected chi connectivity index (χ1v) is 6.58. The Balaban J connectivity index is 1.86. The highest BCUT2D eigenvalue weighted by molar-refractivity contribution is 6.17. The van der Waals surface area contributed by atoms with Crippen LogP contribution < -0.4 is 5.32 Å². The van der Waals surface area contributed by atoms with Gasteiger partial charge in [0, 0.05) is 17.8 Å². The molecule has 2 nitrogen and oxygen atoms in total. The first kappa shape index (κ1) is 10.8. The molecule has 3 heteroatoms. The van der Waals surface area contributed by atoms with Crippen LogP contribution in [0.3, 0.4) is 0 Å². The second-order valence-corrected chi connectivity index (χ2v) is 4.95. The van der Waals surface area contributed by atoms with E-state index in [1.165, 1.54) is 12.8 Å². The van der Waals surface area contributed by atoms with Gasteiger partial charge in [-0.15, -0.1) is 11.6 Å². The molecule has 3 rings (SSSR count). The van der Waals surface area contributed by atoms with Gasteiger partial charge in [0.05, 0.1) is 5.52 Å². The summed E-state index contributed by atoms with van der Waals surface area (Å²) in [7, 11) is 0. The van der Waals surface area contributed by atoms with Crippen LogP contribution in [0.25, 0.3) is 10.9 Å². The fourth-order valence-corrected chi connectivity index (χ4v) is 2.08. The standard InChI is InChI=1S/C14H15ClN2/c15-8-11-3-4-12-5-6-14(17-13(12)7-11)16-9-10-1-2-10/h3-7,10H,1-2,8-9H2,(H,16,17). The van der Waals surface area contributed by atoms with E-state index in [0.717, 1.165) is 34.7 Å². The molecule has 17 heavy (non-hydrogen) atoms. The number of benzene rings is 1. The molecule has 1 heterocycles. The fourth-order valence-electron chi connectivity index (χ4n) is 1.92. The molecular formula is C14H15ClN2. The molecule has 0 bridgehead atoms. The van der Waals surface area contributed by atoms with E-state index in [-0.39, 0.29) is 0 Å². The van der Waals surface area contributed by atoms with Crippen molar-refractivity contribution in [2.75, 3.05) is 11.9 Å². The largest absolute Gasteiger partial charge is 0.370 e. The molecule has 1 fully saturated rings. The van der Waals surface area contributed by atoms with Gasteiger partial charge >= 0.3 is 0 Å². The Hall–Kier alpha value is -1.28. The molecule has 1 aliphatic carbocycles. The maximum Gasteiger partial charge on any atom is 0.126 e. The molecule has 1 aromatic heterocycles. The number of anilines is 1. The average molecular weight is 247 g/mol. The molecule has 0 spiro atoms. The molecule has 1 saturated carbocycles. The third-order valence-electron chi connectivity index (χ3n) is 3.18. The Bertz CT molecular complexity index is 535. The minimum Gasteiger partial charge on any atom is -0.370 e. The maximum atomic E-state index is 5.83. The third kappa shape index (κ3) is 2.52. The molecule has 1 N–H and O–H groups in total. The summed E-state index contributed by atoms with van der Waals surface area (Å²) in [5.74, 6) is 2.37. The van der Waals surface area contributed by atoms with E-state index >= 15 is 0 Å². The number of nitrogens with one attached hydrogen (secondary N) is 1. The van der Waals surface area contributed by atoms with E-state index < -0.39 is 0 Å². The molecule has 0 radical (unpaired) electrons. The number of nitrogens with zero attached hydrogens (tertiary/aromatic N) is 1. The summed E-state index contributed by atoms with van der Waals surface area (Å²) in [6.07, 6.45) is 2.72. The van der Waals surface area contributed by atoms with E-state index in [2.05, 4.69) is 28.5 Å². The van der Waals surface area contributed by atoms with Crippen LogP contribution in [0.1, 0.15) is 18.4 Å². The molecule has 2 aromatic rings. The van der Waals surface area contributed by atoms with Gasteiger partial charge in [-0.2, -0.15) is 0 Å². The number of aromatic nitrogens is 1. The zero-order chi connectivity index (χ0) is 11.7. The highest BCUT2D eigenvalue weighted by atomic mass is 35.5. The maximum absolute atomic E-state index is 5.83. The first-order valence-electron chi connectivity index (χ1n) is 6.05. The molecule has 0 unspecified atom stereocenters. The minimum absolute atomic E-state index is 0.539. The third-order valence-corrected chi connectivity index (χ3v) is 3.49. The average Bonchev–Trinajstić information content (AvgIpc) is 3.19. The Morgan fingerprint density at radius 3 is 2.82 bits per heavy atom. The van der Waals surface area contributed by atoms with Gasteiger partial charge in [-0.05, 0) is 42.5 Å². The molecule has 0 atom stereocenters. The predicted octanol–water partition coefficient (Wildman–Crippen LogP) is 3.80. The molecule has 1 aromatic carbocycles. The summed E-state index contributed by atoms with van der Waals surface area (Å²) in [6, 6.07) is 10.3. The van der Waals surface area contributed by atoms with Gasteiger partial charge in [0.1, 0.15) is 5.82 Å². The van der Waals surface area contributed by atoms with Crippen LogP contribution in [0.5, 0.6) is 0 Å². The lowest BCUT2D eigenvalue weighted by molar-refractivity contribution is 0.884. The zero-order valence-electron chi connectivity index (χ0n) is 9.62. The molecule has 0 aliphatic heterocycles. The second kappa shape index (κ2) is 4.53. The van der Waals surface area contributed by atoms with Crippen molar-refractivity contribution in [2.24, 2.45) is 5.92 Å². The Morgan fingerprint density at radius 2 is 2.06 bits per heavy atom. The van der Waals surface area contributed by atoms with Crippen molar-refractivity contribution in [3.05, 3.63) is 35.9 Å².